The lowest BCUT2D eigenvalue weighted by molar-refractivity contribution is 0.221. The van der Waals surface area contributed by atoms with Gasteiger partial charge in [0.25, 0.3) is 0 Å². The van der Waals surface area contributed by atoms with Crippen LogP contribution in [-0.2, 0) is 0 Å². The van der Waals surface area contributed by atoms with Gasteiger partial charge in [-0.3, -0.25) is 0 Å². The van der Waals surface area contributed by atoms with Gasteiger partial charge in [0.2, 0.25) is 0 Å². The number of ether oxygens (including phenoxy) is 1. The maximum Gasteiger partial charge on any atom is 0.321 e. The molecule has 0 radical (unpaired) electrons. The molecule has 31 heavy (non-hydrogen) atoms. The average molecular weight is 420 g/mol. The summed E-state index contributed by atoms with van der Waals surface area (Å²) < 4.78 is 7.80. The number of hydrogen-bond acceptors (Lipinski definition) is 4. The predicted molar refractivity (Wildman–Crippen MR) is 121 cm³/mol. The van der Waals surface area contributed by atoms with Gasteiger partial charge >= 0.3 is 6.03 Å². The highest BCUT2D eigenvalue weighted by Crippen LogP contribution is 2.38. The van der Waals surface area contributed by atoms with Crippen LogP contribution in [0.25, 0.3) is 11.2 Å². The van der Waals surface area contributed by atoms with E-state index in [0.717, 1.165) is 41.4 Å². The molecular formula is C24H29N5O2. The molecule has 2 aromatic heterocycles. The molecule has 3 aromatic rings. The Kier molecular flexibility index (Phi) is 5.49. The van der Waals surface area contributed by atoms with Crippen LogP contribution in [0, 0.1) is 0 Å². The van der Waals surface area contributed by atoms with Crippen LogP contribution in [0.4, 0.5) is 10.5 Å². The molecule has 5 rings (SSSR count). The Morgan fingerprint density at radius 1 is 1.16 bits per heavy atom. The van der Waals surface area contributed by atoms with Crippen molar-refractivity contribution < 1.29 is 9.53 Å². The van der Waals surface area contributed by atoms with Gasteiger partial charge in [-0.2, -0.15) is 0 Å². The van der Waals surface area contributed by atoms with E-state index in [4.69, 9.17) is 9.72 Å². The third-order valence-electron chi connectivity index (χ3n) is 6.43. The zero-order chi connectivity index (χ0) is 21.2. The van der Waals surface area contributed by atoms with E-state index < -0.39 is 0 Å². The molecular weight excluding hydrogens is 390 g/mol. The van der Waals surface area contributed by atoms with Crippen molar-refractivity contribution in [2.24, 2.45) is 0 Å². The van der Waals surface area contributed by atoms with E-state index >= 15 is 0 Å². The van der Waals surface area contributed by atoms with Gasteiger partial charge in [0.1, 0.15) is 17.1 Å². The van der Waals surface area contributed by atoms with Gasteiger partial charge in [0.05, 0.1) is 12.6 Å². The van der Waals surface area contributed by atoms with Gasteiger partial charge in [0, 0.05) is 30.9 Å². The number of benzene rings is 1. The number of hydrogen-bond donors (Lipinski definition) is 1. The fourth-order valence-corrected chi connectivity index (χ4v) is 4.92. The quantitative estimate of drug-likeness (QED) is 0.634. The number of carbonyl (C=O) groups excluding carboxylic acids is 1. The number of rotatable bonds is 5. The third kappa shape index (κ3) is 3.96. The van der Waals surface area contributed by atoms with Crippen LogP contribution in [-0.4, -0.2) is 45.2 Å². The largest absolute Gasteiger partial charge is 0.494 e. The van der Waals surface area contributed by atoms with Crippen molar-refractivity contribution in [3.05, 3.63) is 48.4 Å². The van der Waals surface area contributed by atoms with E-state index in [9.17, 15) is 4.79 Å². The number of nitrogens with one attached hydrogen (secondary N) is 1. The van der Waals surface area contributed by atoms with E-state index in [0.29, 0.717) is 19.1 Å². The minimum absolute atomic E-state index is 0.0635. The molecule has 1 aromatic carbocycles. The number of fused-ring (bicyclic) bond motifs is 1. The Morgan fingerprint density at radius 3 is 2.74 bits per heavy atom. The first kappa shape index (κ1) is 19.8. The molecule has 1 saturated heterocycles. The molecule has 3 heterocycles. The second-order valence-electron chi connectivity index (χ2n) is 8.44. The van der Waals surface area contributed by atoms with Crippen LogP contribution in [0.15, 0.2) is 42.6 Å². The first-order chi connectivity index (χ1) is 15.2. The summed E-state index contributed by atoms with van der Waals surface area (Å²) in [5, 5.41) is 3.02. The molecule has 162 valence electrons. The number of carbonyl (C=O) groups is 1. The van der Waals surface area contributed by atoms with Crippen molar-refractivity contribution in [3.63, 3.8) is 0 Å². The molecule has 2 fully saturated rings. The van der Waals surface area contributed by atoms with Gasteiger partial charge < -0.3 is 19.5 Å². The lowest BCUT2D eigenvalue weighted by Gasteiger charge is -2.21. The molecule has 1 aliphatic carbocycles. The van der Waals surface area contributed by atoms with E-state index in [2.05, 4.69) is 14.9 Å². The van der Waals surface area contributed by atoms with Crippen molar-refractivity contribution in [1.82, 2.24) is 19.4 Å². The lowest BCUT2D eigenvalue weighted by atomic mass is 10.1. The minimum atomic E-state index is -0.0635. The minimum Gasteiger partial charge on any atom is -0.494 e. The standard InChI is InChI=1S/C24H29N5O2/c1-2-31-20-11-9-18(10-12-20)26-24(30)28-15-13-19(16-28)29-22(17-6-3-4-7-17)27-21-8-5-14-25-23(21)29/h5,8-12,14,17,19H,2-4,6-7,13,15-16H2,1H3,(H,26,30)/t19-/m1/s1. The number of nitrogens with zero attached hydrogens (tertiary/aromatic N) is 4. The summed E-state index contributed by atoms with van der Waals surface area (Å²) in [6, 6.07) is 11.6. The van der Waals surface area contributed by atoms with E-state index in [-0.39, 0.29) is 12.1 Å². The van der Waals surface area contributed by atoms with Gasteiger partial charge in [-0.05, 0) is 62.6 Å². The Hall–Kier alpha value is -3.09. The Bertz CT molecular complexity index is 1060. The van der Waals surface area contributed by atoms with Gasteiger partial charge in [-0.15, -0.1) is 0 Å². The van der Waals surface area contributed by atoms with Crippen LogP contribution < -0.4 is 10.1 Å². The summed E-state index contributed by atoms with van der Waals surface area (Å²) in [4.78, 5) is 24.4. The summed E-state index contributed by atoms with van der Waals surface area (Å²) in [7, 11) is 0. The molecule has 2 aliphatic rings. The summed E-state index contributed by atoms with van der Waals surface area (Å²) in [6.45, 7) is 3.98. The number of urea groups is 1. The van der Waals surface area contributed by atoms with Crippen LogP contribution in [0.1, 0.15) is 56.8 Å². The van der Waals surface area contributed by atoms with Crippen molar-refractivity contribution in [2.45, 2.75) is 51.0 Å². The van der Waals surface area contributed by atoms with Crippen molar-refractivity contribution in [1.29, 1.82) is 0 Å². The summed E-state index contributed by atoms with van der Waals surface area (Å²) in [6.07, 6.45) is 7.67. The smallest absolute Gasteiger partial charge is 0.321 e. The second-order valence-corrected chi connectivity index (χ2v) is 8.44. The zero-order valence-electron chi connectivity index (χ0n) is 18.0. The van der Waals surface area contributed by atoms with E-state index in [1.807, 2.05) is 54.4 Å². The van der Waals surface area contributed by atoms with Crippen LogP contribution in [0.2, 0.25) is 0 Å². The highest BCUT2D eigenvalue weighted by molar-refractivity contribution is 5.89. The predicted octanol–water partition coefficient (Wildman–Crippen LogP) is 4.97. The summed E-state index contributed by atoms with van der Waals surface area (Å²) >= 11 is 0. The number of amides is 2. The number of pyridine rings is 1. The third-order valence-corrected chi connectivity index (χ3v) is 6.43. The van der Waals surface area contributed by atoms with Gasteiger partial charge in [-0.25, -0.2) is 14.8 Å². The molecule has 1 atom stereocenters. The normalized spacial score (nSPS) is 19.3. The highest BCUT2D eigenvalue weighted by atomic mass is 16.5. The monoisotopic (exact) mass is 419 g/mol. The first-order valence-corrected chi connectivity index (χ1v) is 11.3. The van der Waals surface area contributed by atoms with Crippen molar-refractivity contribution >= 4 is 22.9 Å². The van der Waals surface area contributed by atoms with Crippen LogP contribution >= 0.6 is 0 Å². The lowest BCUT2D eigenvalue weighted by Crippen LogP contribution is -2.33. The number of aromatic nitrogens is 3. The van der Waals surface area contributed by atoms with E-state index in [1.165, 1.54) is 25.7 Å². The number of likely N-dealkylation sites (tertiary alicyclic amines) is 1. The Morgan fingerprint density at radius 2 is 1.97 bits per heavy atom. The van der Waals surface area contributed by atoms with Crippen molar-refractivity contribution in [3.8, 4) is 5.75 Å². The Balaban J connectivity index is 1.33. The summed E-state index contributed by atoms with van der Waals surface area (Å²) in [5.41, 5.74) is 2.68. The fourth-order valence-electron chi connectivity index (χ4n) is 4.92. The van der Waals surface area contributed by atoms with E-state index in [1.54, 1.807) is 0 Å². The fraction of sp³-hybridized carbons (Fsp3) is 0.458. The van der Waals surface area contributed by atoms with Gasteiger partial charge in [0.15, 0.2) is 5.65 Å². The first-order valence-electron chi connectivity index (χ1n) is 11.3. The topological polar surface area (TPSA) is 72.3 Å². The van der Waals surface area contributed by atoms with Crippen molar-refractivity contribution in [2.75, 3.05) is 25.0 Å². The molecule has 1 aliphatic heterocycles. The maximum atomic E-state index is 12.9. The Labute approximate surface area is 182 Å². The highest BCUT2D eigenvalue weighted by Gasteiger charge is 2.33. The molecule has 1 saturated carbocycles. The maximum absolute atomic E-state index is 12.9. The molecule has 0 unspecified atom stereocenters. The SMILES string of the molecule is CCOc1ccc(NC(=O)N2CC[C@@H](n3c(C4CCCC4)nc4cccnc43)C2)cc1. The number of imidazole rings is 1. The molecule has 1 N–H and O–H groups in total. The molecule has 7 heteroatoms. The number of anilines is 1. The zero-order valence-corrected chi connectivity index (χ0v) is 18.0. The molecule has 0 spiro atoms. The van der Waals surface area contributed by atoms with Crippen LogP contribution in [0.3, 0.4) is 0 Å². The van der Waals surface area contributed by atoms with Gasteiger partial charge in [-0.1, -0.05) is 12.8 Å². The molecule has 7 nitrogen and oxygen atoms in total. The second kappa shape index (κ2) is 8.57. The van der Waals surface area contributed by atoms with Crippen LogP contribution in [0.5, 0.6) is 5.75 Å². The molecule has 0 bridgehead atoms. The summed E-state index contributed by atoms with van der Waals surface area (Å²) in [5.74, 6) is 2.46. The molecule has 2 amide bonds. The average Bonchev–Trinajstić information content (AvgIpc) is 3.53.